The standard InChI is InChI=1S/C12H10FNO2S2/c13-7-3-8(14)5-10(4-7)17-6-9-1-2-11(18-9)12(15)16/h1-5H,6,14H2,(H,15,16). The van der Waals surface area contributed by atoms with Gasteiger partial charge < -0.3 is 10.8 Å². The van der Waals surface area contributed by atoms with Crippen LogP contribution in [0.1, 0.15) is 14.5 Å². The lowest BCUT2D eigenvalue weighted by Gasteiger charge is -2.01. The van der Waals surface area contributed by atoms with Crippen molar-refractivity contribution in [2.45, 2.75) is 10.6 Å². The Labute approximate surface area is 111 Å². The topological polar surface area (TPSA) is 63.3 Å². The van der Waals surface area contributed by atoms with Gasteiger partial charge >= 0.3 is 5.97 Å². The average molecular weight is 283 g/mol. The van der Waals surface area contributed by atoms with Gasteiger partial charge in [0, 0.05) is 21.2 Å². The van der Waals surface area contributed by atoms with Crippen molar-refractivity contribution in [2.75, 3.05) is 5.73 Å². The number of benzene rings is 1. The molecule has 0 fully saturated rings. The molecule has 0 atom stereocenters. The highest BCUT2D eigenvalue weighted by molar-refractivity contribution is 7.98. The molecule has 0 amide bonds. The number of carboxylic acids is 1. The first-order chi connectivity index (χ1) is 8.54. The molecular formula is C12H10FNO2S2. The van der Waals surface area contributed by atoms with E-state index >= 15 is 0 Å². The molecule has 0 radical (unpaired) electrons. The number of carbonyl (C=O) groups is 1. The van der Waals surface area contributed by atoms with Crippen LogP contribution >= 0.6 is 23.1 Å². The number of hydrogen-bond donors (Lipinski definition) is 2. The maximum Gasteiger partial charge on any atom is 0.345 e. The van der Waals surface area contributed by atoms with Crippen molar-refractivity contribution in [1.82, 2.24) is 0 Å². The lowest BCUT2D eigenvalue weighted by molar-refractivity contribution is 0.0702. The van der Waals surface area contributed by atoms with Gasteiger partial charge in [-0.15, -0.1) is 23.1 Å². The number of thiophene rings is 1. The van der Waals surface area contributed by atoms with Crippen LogP contribution in [0.15, 0.2) is 35.2 Å². The van der Waals surface area contributed by atoms with Crippen LogP contribution in [-0.2, 0) is 5.75 Å². The van der Waals surface area contributed by atoms with Crippen LogP contribution in [-0.4, -0.2) is 11.1 Å². The molecule has 0 aliphatic heterocycles. The molecule has 0 unspecified atom stereocenters. The Hall–Kier alpha value is -1.53. The van der Waals surface area contributed by atoms with Crippen LogP contribution < -0.4 is 5.73 Å². The van der Waals surface area contributed by atoms with Crippen molar-refractivity contribution in [3.63, 3.8) is 0 Å². The number of thioether (sulfide) groups is 1. The normalized spacial score (nSPS) is 10.5. The van der Waals surface area contributed by atoms with Gasteiger partial charge in [0.15, 0.2) is 0 Å². The van der Waals surface area contributed by atoms with Gasteiger partial charge in [0.1, 0.15) is 10.7 Å². The zero-order chi connectivity index (χ0) is 13.1. The van der Waals surface area contributed by atoms with Gasteiger partial charge in [0.25, 0.3) is 0 Å². The number of hydrogen-bond acceptors (Lipinski definition) is 4. The van der Waals surface area contributed by atoms with E-state index in [0.717, 1.165) is 9.77 Å². The molecular weight excluding hydrogens is 273 g/mol. The molecule has 0 saturated heterocycles. The highest BCUT2D eigenvalue weighted by atomic mass is 32.2. The number of aromatic carboxylic acids is 1. The summed E-state index contributed by atoms with van der Waals surface area (Å²) in [6.07, 6.45) is 0. The average Bonchev–Trinajstić information content (AvgIpc) is 2.73. The Balaban J connectivity index is 2.04. The van der Waals surface area contributed by atoms with E-state index in [0.29, 0.717) is 16.3 Å². The molecule has 0 spiro atoms. The van der Waals surface area contributed by atoms with Gasteiger partial charge in [0.05, 0.1) is 0 Å². The van der Waals surface area contributed by atoms with Crippen LogP contribution in [0.5, 0.6) is 0 Å². The Morgan fingerprint density at radius 3 is 2.78 bits per heavy atom. The summed E-state index contributed by atoms with van der Waals surface area (Å²) in [6, 6.07) is 7.70. The lowest BCUT2D eigenvalue weighted by atomic mass is 10.3. The quantitative estimate of drug-likeness (QED) is 0.666. The second-order valence-electron chi connectivity index (χ2n) is 3.58. The van der Waals surface area contributed by atoms with Crippen molar-refractivity contribution in [3.8, 4) is 0 Å². The summed E-state index contributed by atoms with van der Waals surface area (Å²) in [7, 11) is 0. The molecule has 94 valence electrons. The third-order valence-electron chi connectivity index (χ3n) is 2.15. The number of carboxylic acid groups (broad SMARTS) is 1. The van der Waals surface area contributed by atoms with Gasteiger partial charge in [-0.2, -0.15) is 0 Å². The van der Waals surface area contributed by atoms with Crippen LogP contribution in [0.2, 0.25) is 0 Å². The molecule has 1 heterocycles. The Bertz CT molecular complexity index is 563. The second-order valence-corrected chi connectivity index (χ2v) is 5.80. The Morgan fingerprint density at radius 2 is 2.17 bits per heavy atom. The first-order valence-corrected chi connectivity index (χ1v) is 6.85. The first kappa shape index (κ1) is 12.9. The molecule has 0 bridgehead atoms. The minimum Gasteiger partial charge on any atom is -0.477 e. The largest absolute Gasteiger partial charge is 0.477 e. The molecule has 18 heavy (non-hydrogen) atoms. The van der Waals surface area contributed by atoms with E-state index in [-0.39, 0.29) is 5.82 Å². The smallest absolute Gasteiger partial charge is 0.345 e. The summed E-state index contributed by atoms with van der Waals surface area (Å²) >= 11 is 2.65. The van der Waals surface area contributed by atoms with E-state index in [4.69, 9.17) is 10.8 Å². The van der Waals surface area contributed by atoms with E-state index in [2.05, 4.69) is 0 Å². The van der Waals surface area contributed by atoms with Crippen molar-refractivity contribution in [2.24, 2.45) is 0 Å². The van der Waals surface area contributed by atoms with Crippen molar-refractivity contribution in [3.05, 3.63) is 45.9 Å². The van der Waals surface area contributed by atoms with Crippen LogP contribution in [0.4, 0.5) is 10.1 Å². The number of anilines is 1. The van der Waals surface area contributed by atoms with Crippen LogP contribution in [0, 0.1) is 5.82 Å². The highest BCUT2D eigenvalue weighted by Gasteiger charge is 2.07. The molecule has 1 aromatic heterocycles. The first-order valence-electron chi connectivity index (χ1n) is 5.05. The van der Waals surface area contributed by atoms with Crippen molar-refractivity contribution in [1.29, 1.82) is 0 Å². The summed E-state index contributed by atoms with van der Waals surface area (Å²) in [5, 5.41) is 8.79. The summed E-state index contributed by atoms with van der Waals surface area (Å²) < 4.78 is 13.1. The lowest BCUT2D eigenvalue weighted by Crippen LogP contribution is -1.89. The molecule has 1 aromatic carbocycles. The third kappa shape index (κ3) is 3.24. The minimum absolute atomic E-state index is 0.310. The van der Waals surface area contributed by atoms with E-state index in [9.17, 15) is 9.18 Å². The van der Waals surface area contributed by atoms with Gasteiger partial charge in [-0.05, 0) is 30.3 Å². The zero-order valence-corrected chi connectivity index (χ0v) is 10.9. The summed E-state index contributed by atoms with van der Waals surface area (Å²) in [4.78, 5) is 12.7. The predicted octanol–water partition coefficient (Wildman–Crippen LogP) is 3.46. The summed E-state index contributed by atoms with van der Waals surface area (Å²) in [5.41, 5.74) is 5.93. The number of halogens is 1. The van der Waals surface area contributed by atoms with E-state index in [1.54, 1.807) is 18.2 Å². The molecule has 3 nitrogen and oxygen atoms in total. The van der Waals surface area contributed by atoms with Crippen molar-refractivity contribution < 1.29 is 14.3 Å². The molecule has 2 aromatic rings. The highest BCUT2D eigenvalue weighted by Crippen LogP contribution is 2.28. The SMILES string of the molecule is Nc1cc(F)cc(SCc2ccc(C(=O)O)s2)c1. The van der Waals surface area contributed by atoms with Crippen molar-refractivity contribution >= 4 is 34.8 Å². The van der Waals surface area contributed by atoms with Crippen LogP contribution in [0.3, 0.4) is 0 Å². The van der Waals surface area contributed by atoms with Crippen LogP contribution in [0.25, 0.3) is 0 Å². The van der Waals surface area contributed by atoms with E-state index < -0.39 is 5.97 Å². The summed E-state index contributed by atoms with van der Waals surface area (Å²) in [5.74, 6) is -0.693. The zero-order valence-electron chi connectivity index (χ0n) is 9.22. The third-order valence-corrected chi connectivity index (χ3v) is 4.43. The second kappa shape index (κ2) is 5.41. The summed E-state index contributed by atoms with van der Waals surface area (Å²) in [6.45, 7) is 0. The fourth-order valence-electron chi connectivity index (χ4n) is 1.39. The maximum absolute atomic E-state index is 13.1. The monoisotopic (exact) mass is 283 g/mol. The number of nitrogen functional groups attached to an aromatic ring is 1. The Morgan fingerprint density at radius 1 is 1.39 bits per heavy atom. The number of nitrogens with two attached hydrogens (primary N) is 1. The van der Waals surface area contributed by atoms with E-state index in [1.165, 1.54) is 35.2 Å². The molecule has 0 saturated carbocycles. The predicted molar refractivity (Wildman–Crippen MR) is 71.7 cm³/mol. The fourth-order valence-corrected chi connectivity index (χ4v) is 3.27. The molecule has 0 aliphatic rings. The van der Waals surface area contributed by atoms with Gasteiger partial charge in [0.2, 0.25) is 0 Å². The Kier molecular flexibility index (Phi) is 3.88. The van der Waals surface area contributed by atoms with E-state index in [1.807, 2.05) is 0 Å². The maximum atomic E-state index is 13.1. The fraction of sp³-hybridized carbons (Fsp3) is 0.0833. The van der Waals surface area contributed by atoms with Gasteiger partial charge in [-0.25, -0.2) is 9.18 Å². The molecule has 0 aliphatic carbocycles. The molecule has 3 N–H and O–H groups in total. The molecule has 2 rings (SSSR count). The number of rotatable bonds is 4. The van der Waals surface area contributed by atoms with Gasteiger partial charge in [-0.3, -0.25) is 0 Å². The van der Waals surface area contributed by atoms with Gasteiger partial charge in [-0.1, -0.05) is 0 Å². The molecule has 6 heteroatoms. The minimum atomic E-state index is -0.925.